The number of aryl methyl sites for hydroxylation is 1. The van der Waals surface area contributed by atoms with Gasteiger partial charge in [-0.25, -0.2) is 5.01 Å². The summed E-state index contributed by atoms with van der Waals surface area (Å²) >= 11 is 0. The van der Waals surface area contributed by atoms with Gasteiger partial charge in [0, 0.05) is 35.5 Å². The predicted octanol–water partition coefficient (Wildman–Crippen LogP) is 4.74. The number of para-hydroxylation sites is 1. The quantitative estimate of drug-likeness (QED) is 0.684. The number of ether oxygens (including phenoxy) is 2. The Hall–Kier alpha value is -3.54. The number of phenols is 1. The van der Waals surface area contributed by atoms with Gasteiger partial charge in [-0.15, -0.1) is 0 Å². The molecule has 0 bridgehead atoms. The van der Waals surface area contributed by atoms with Crippen molar-refractivity contribution >= 4 is 5.71 Å². The second-order valence-electron chi connectivity index (χ2n) is 7.53. The minimum absolute atomic E-state index is 0.0118. The molecule has 5 rings (SSSR count). The van der Waals surface area contributed by atoms with E-state index in [-0.39, 0.29) is 11.8 Å². The van der Waals surface area contributed by atoms with E-state index < -0.39 is 6.23 Å². The van der Waals surface area contributed by atoms with E-state index in [1.165, 1.54) is 0 Å². The molecule has 0 aliphatic carbocycles. The molecule has 3 aromatic rings. The molecule has 0 radical (unpaired) electrons. The van der Waals surface area contributed by atoms with Crippen LogP contribution in [0.4, 0.5) is 0 Å². The summed E-state index contributed by atoms with van der Waals surface area (Å²) in [6, 6.07) is 15.4. The molecule has 2 aliphatic heterocycles. The molecule has 152 valence electrons. The molecule has 0 saturated heterocycles. The molecule has 0 fully saturated rings. The zero-order chi connectivity index (χ0) is 20.7. The lowest BCUT2D eigenvalue weighted by Gasteiger charge is -2.38. The third-order valence-corrected chi connectivity index (χ3v) is 5.53. The minimum Gasteiger partial charge on any atom is -0.507 e. The summed E-state index contributed by atoms with van der Waals surface area (Å²) in [4.78, 5) is 4.13. The Labute approximate surface area is 175 Å². The smallest absolute Gasteiger partial charge is 0.214 e. The molecule has 3 heterocycles. The van der Waals surface area contributed by atoms with E-state index in [0.29, 0.717) is 13.0 Å². The van der Waals surface area contributed by atoms with Gasteiger partial charge in [-0.3, -0.25) is 4.98 Å². The molecular weight excluding hydrogens is 378 g/mol. The highest BCUT2D eigenvalue weighted by atomic mass is 16.5. The lowest BCUT2D eigenvalue weighted by atomic mass is 9.95. The first-order valence-electron chi connectivity index (χ1n) is 10.1. The maximum atomic E-state index is 10.5. The molecule has 0 amide bonds. The van der Waals surface area contributed by atoms with Gasteiger partial charge in [0.15, 0.2) is 11.5 Å². The average Bonchev–Trinajstić information content (AvgIpc) is 3.21. The lowest BCUT2D eigenvalue weighted by molar-refractivity contribution is -0.0212. The van der Waals surface area contributed by atoms with Gasteiger partial charge >= 0.3 is 0 Å². The summed E-state index contributed by atoms with van der Waals surface area (Å²) in [6.45, 7) is 4.54. The van der Waals surface area contributed by atoms with Gasteiger partial charge in [0.2, 0.25) is 6.23 Å². The number of rotatable bonds is 4. The lowest BCUT2D eigenvalue weighted by Crippen LogP contribution is -2.33. The third kappa shape index (κ3) is 3.05. The van der Waals surface area contributed by atoms with Crippen molar-refractivity contribution in [3.63, 3.8) is 0 Å². The van der Waals surface area contributed by atoms with Gasteiger partial charge in [-0.1, -0.05) is 23.8 Å². The normalized spacial score (nSPS) is 19.5. The number of nitrogens with zero attached hydrogens (tertiary/aromatic N) is 3. The molecule has 6 nitrogen and oxygen atoms in total. The number of aromatic hydroxyl groups is 1. The van der Waals surface area contributed by atoms with Gasteiger partial charge in [-0.2, -0.15) is 5.10 Å². The van der Waals surface area contributed by atoms with E-state index >= 15 is 0 Å². The highest BCUT2D eigenvalue weighted by Gasteiger charge is 2.42. The molecule has 2 aliphatic rings. The molecule has 1 aromatic heterocycles. The summed E-state index contributed by atoms with van der Waals surface area (Å²) < 4.78 is 12.3. The number of benzene rings is 2. The fraction of sp³-hybridized carbons (Fsp3) is 0.250. The molecule has 30 heavy (non-hydrogen) atoms. The van der Waals surface area contributed by atoms with Crippen LogP contribution in [0.3, 0.4) is 0 Å². The van der Waals surface area contributed by atoms with Crippen LogP contribution in [0, 0.1) is 6.92 Å². The zero-order valence-corrected chi connectivity index (χ0v) is 16.9. The van der Waals surface area contributed by atoms with E-state index in [9.17, 15) is 5.11 Å². The largest absolute Gasteiger partial charge is 0.507 e. The Balaban J connectivity index is 1.63. The third-order valence-electron chi connectivity index (χ3n) is 5.53. The Kier molecular flexibility index (Phi) is 4.54. The summed E-state index contributed by atoms with van der Waals surface area (Å²) in [5, 5.41) is 17.4. The molecule has 0 unspecified atom stereocenters. The number of pyridine rings is 1. The predicted molar refractivity (Wildman–Crippen MR) is 114 cm³/mol. The number of aromatic nitrogens is 1. The zero-order valence-electron chi connectivity index (χ0n) is 16.9. The number of phenolic OH excluding ortho intramolecular Hbond substituents is 1. The van der Waals surface area contributed by atoms with Gasteiger partial charge < -0.3 is 14.6 Å². The first-order chi connectivity index (χ1) is 14.7. The van der Waals surface area contributed by atoms with Crippen LogP contribution in [0.25, 0.3) is 0 Å². The van der Waals surface area contributed by atoms with Crippen molar-refractivity contribution in [2.45, 2.75) is 32.5 Å². The van der Waals surface area contributed by atoms with Crippen LogP contribution in [0.1, 0.15) is 47.9 Å². The molecule has 0 saturated carbocycles. The number of hydrazone groups is 1. The van der Waals surface area contributed by atoms with Crippen molar-refractivity contribution in [3.05, 3.63) is 83.2 Å². The fourth-order valence-electron chi connectivity index (χ4n) is 4.14. The van der Waals surface area contributed by atoms with Gasteiger partial charge in [0.05, 0.1) is 18.4 Å². The first kappa shape index (κ1) is 18.5. The standard InChI is InChI=1S/C24H23N3O3/c1-3-29-22-6-4-5-17-20-14-19(18-13-15(2)7-8-21(18)28)26-27(20)24(30-23(17)22)16-9-11-25-12-10-16/h4-13,20,24,28H,3,14H2,1-2H3/t20-,24-/m1/s1. The van der Waals surface area contributed by atoms with Crippen LogP contribution in [-0.2, 0) is 0 Å². The van der Waals surface area contributed by atoms with E-state index in [4.69, 9.17) is 14.6 Å². The van der Waals surface area contributed by atoms with Gasteiger partial charge in [-0.05, 0) is 44.2 Å². The van der Waals surface area contributed by atoms with E-state index in [2.05, 4.69) is 11.1 Å². The van der Waals surface area contributed by atoms with Crippen molar-refractivity contribution in [2.24, 2.45) is 5.10 Å². The van der Waals surface area contributed by atoms with Crippen LogP contribution in [0.5, 0.6) is 17.2 Å². The van der Waals surface area contributed by atoms with Gasteiger partial charge in [0.25, 0.3) is 0 Å². The highest BCUT2D eigenvalue weighted by Crippen LogP contribution is 2.51. The van der Waals surface area contributed by atoms with E-state index in [1.807, 2.05) is 55.3 Å². The maximum absolute atomic E-state index is 10.5. The van der Waals surface area contributed by atoms with Crippen molar-refractivity contribution in [2.75, 3.05) is 6.61 Å². The second kappa shape index (κ2) is 7.37. The SMILES string of the molecule is CCOc1cccc2c1O[C@H](c1ccncc1)N1N=C(c3cc(C)ccc3O)C[C@H]21. The summed E-state index contributed by atoms with van der Waals surface area (Å²) in [7, 11) is 0. The van der Waals surface area contributed by atoms with Crippen LogP contribution < -0.4 is 9.47 Å². The van der Waals surface area contributed by atoms with Crippen molar-refractivity contribution in [1.29, 1.82) is 0 Å². The molecular formula is C24H23N3O3. The van der Waals surface area contributed by atoms with Crippen LogP contribution in [0.15, 0.2) is 66.0 Å². The maximum Gasteiger partial charge on any atom is 0.214 e. The van der Waals surface area contributed by atoms with E-state index in [0.717, 1.165) is 39.5 Å². The highest BCUT2D eigenvalue weighted by molar-refractivity contribution is 6.04. The average molecular weight is 401 g/mol. The number of hydrogen-bond acceptors (Lipinski definition) is 6. The first-order valence-corrected chi connectivity index (χ1v) is 10.1. The second-order valence-corrected chi connectivity index (χ2v) is 7.53. The van der Waals surface area contributed by atoms with Crippen molar-refractivity contribution < 1.29 is 14.6 Å². The molecule has 2 aromatic carbocycles. The fourth-order valence-corrected chi connectivity index (χ4v) is 4.14. The number of fused-ring (bicyclic) bond motifs is 3. The summed E-state index contributed by atoms with van der Waals surface area (Å²) in [6.07, 6.45) is 3.77. The molecule has 1 N–H and O–H groups in total. The molecule has 6 heteroatoms. The minimum atomic E-state index is -0.406. The Morgan fingerprint density at radius 3 is 2.80 bits per heavy atom. The topological polar surface area (TPSA) is 67.2 Å². The van der Waals surface area contributed by atoms with Gasteiger partial charge in [0.1, 0.15) is 5.75 Å². The Bertz CT molecular complexity index is 1110. The Morgan fingerprint density at radius 1 is 1.17 bits per heavy atom. The monoisotopic (exact) mass is 401 g/mol. The van der Waals surface area contributed by atoms with Crippen LogP contribution in [0.2, 0.25) is 0 Å². The van der Waals surface area contributed by atoms with Crippen molar-refractivity contribution in [3.8, 4) is 17.2 Å². The summed E-state index contributed by atoms with van der Waals surface area (Å²) in [5.41, 5.74) is 4.69. The molecule has 0 spiro atoms. The van der Waals surface area contributed by atoms with Crippen molar-refractivity contribution in [1.82, 2.24) is 9.99 Å². The van der Waals surface area contributed by atoms with Crippen LogP contribution in [-0.4, -0.2) is 27.4 Å². The van der Waals surface area contributed by atoms with E-state index in [1.54, 1.807) is 18.5 Å². The molecule has 2 atom stereocenters. The van der Waals surface area contributed by atoms with Crippen LogP contribution >= 0.6 is 0 Å². The number of hydrogen-bond donors (Lipinski definition) is 1. The Morgan fingerprint density at radius 2 is 2.00 bits per heavy atom. The summed E-state index contributed by atoms with van der Waals surface area (Å²) in [5.74, 6) is 1.73.